The van der Waals surface area contributed by atoms with Crippen LogP contribution >= 0.6 is 11.6 Å². The molecule has 6 nitrogen and oxygen atoms in total. The minimum atomic E-state index is -3.64. The molecule has 0 aromatic carbocycles. The molecule has 2 unspecified atom stereocenters. The number of hydrogen-bond donors (Lipinski definition) is 1. The van der Waals surface area contributed by atoms with Gasteiger partial charge in [-0.2, -0.15) is 4.31 Å². The average molecular weight is 307 g/mol. The molecule has 2 heterocycles. The van der Waals surface area contributed by atoms with Gasteiger partial charge in [0.2, 0.25) is 10.0 Å². The molecule has 1 fully saturated rings. The van der Waals surface area contributed by atoms with E-state index < -0.39 is 16.1 Å². The van der Waals surface area contributed by atoms with E-state index in [4.69, 9.17) is 21.4 Å². The van der Waals surface area contributed by atoms with Crippen LogP contribution < -0.4 is 0 Å². The number of nitrogens with zero attached hydrogens (tertiary/aromatic N) is 2. The van der Waals surface area contributed by atoms with E-state index >= 15 is 0 Å². The summed E-state index contributed by atoms with van der Waals surface area (Å²) in [7, 11) is -3.64. The summed E-state index contributed by atoms with van der Waals surface area (Å²) in [6.45, 7) is 1.93. The topological polar surface area (TPSA) is 79.7 Å². The van der Waals surface area contributed by atoms with Crippen molar-refractivity contribution in [2.45, 2.75) is 24.0 Å². The van der Waals surface area contributed by atoms with Crippen molar-refractivity contribution in [2.75, 3.05) is 19.7 Å². The van der Waals surface area contributed by atoms with Crippen LogP contribution in [-0.4, -0.2) is 54.7 Å². The van der Waals surface area contributed by atoms with E-state index in [2.05, 4.69) is 4.98 Å². The van der Waals surface area contributed by atoms with E-state index in [-0.39, 0.29) is 35.8 Å². The van der Waals surface area contributed by atoms with Crippen molar-refractivity contribution in [3.05, 3.63) is 23.5 Å². The maximum absolute atomic E-state index is 12.4. The fourth-order valence-corrected chi connectivity index (χ4v) is 3.79. The Labute approximate surface area is 117 Å². The third-order valence-electron chi connectivity index (χ3n) is 2.83. The molecule has 2 atom stereocenters. The molecule has 1 saturated heterocycles. The number of morpholine rings is 1. The highest BCUT2D eigenvalue weighted by Crippen LogP contribution is 2.22. The van der Waals surface area contributed by atoms with Gasteiger partial charge in [0, 0.05) is 19.3 Å². The predicted molar refractivity (Wildman–Crippen MR) is 69.4 cm³/mol. The number of pyridine rings is 1. The summed E-state index contributed by atoms with van der Waals surface area (Å²) < 4.78 is 31.6. The molecule has 8 heteroatoms. The first kappa shape index (κ1) is 14.7. The molecule has 0 spiro atoms. The van der Waals surface area contributed by atoms with Gasteiger partial charge in [0.25, 0.3) is 0 Å². The van der Waals surface area contributed by atoms with Gasteiger partial charge in [-0.1, -0.05) is 11.6 Å². The largest absolute Gasteiger partial charge is 0.394 e. The summed E-state index contributed by atoms with van der Waals surface area (Å²) in [5, 5.41) is 9.26. The SMILES string of the molecule is CC1CN(S(=O)(=O)c2ccnc(Cl)c2)CC(CO)O1. The van der Waals surface area contributed by atoms with Crippen molar-refractivity contribution in [3.8, 4) is 0 Å². The van der Waals surface area contributed by atoms with Crippen molar-refractivity contribution in [2.24, 2.45) is 0 Å². The van der Waals surface area contributed by atoms with Crippen molar-refractivity contribution in [1.29, 1.82) is 0 Å². The molecule has 0 bridgehead atoms. The number of aliphatic hydroxyl groups is 1. The van der Waals surface area contributed by atoms with Gasteiger partial charge in [-0.3, -0.25) is 0 Å². The van der Waals surface area contributed by atoms with E-state index in [1.807, 2.05) is 0 Å². The van der Waals surface area contributed by atoms with Gasteiger partial charge in [-0.05, 0) is 19.1 Å². The molecule has 1 aliphatic rings. The summed E-state index contributed by atoms with van der Waals surface area (Å²) >= 11 is 5.72. The monoisotopic (exact) mass is 306 g/mol. The Morgan fingerprint density at radius 3 is 2.95 bits per heavy atom. The Kier molecular flexibility index (Phi) is 4.42. The maximum Gasteiger partial charge on any atom is 0.243 e. The predicted octanol–water partition coefficient (Wildman–Crippen LogP) is 0.505. The van der Waals surface area contributed by atoms with Crippen LogP contribution in [0.25, 0.3) is 0 Å². The van der Waals surface area contributed by atoms with Gasteiger partial charge < -0.3 is 9.84 Å². The lowest BCUT2D eigenvalue weighted by Crippen LogP contribution is -2.50. The number of rotatable bonds is 3. The summed E-state index contributed by atoms with van der Waals surface area (Å²) in [5.41, 5.74) is 0. The van der Waals surface area contributed by atoms with Crippen molar-refractivity contribution < 1.29 is 18.3 Å². The lowest BCUT2D eigenvalue weighted by molar-refractivity contribution is -0.0750. The molecule has 0 aliphatic carbocycles. The minimum absolute atomic E-state index is 0.0956. The minimum Gasteiger partial charge on any atom is -0.394 e. The first-order valence-corrected chi connectivity index (χ1v) is 7.63. The molecule has 1 aromatic rings. The van der Waals surface area contributed by atoms with Gasteiger partial charge >= 0.3 is 0 Å². The second kappa shape index (κ2) is 5.72. The Hall–Kier alpha value is -0.730. The molecule has 0 amide bonds. The Balaban J connectivity index is 2.29. The fraction of sp³-hybridized carbons (Fsp3) is 0.545. The van der Waals surface area contributed by atoms with E-state index in [1.54, 1.807) is 6.92 Å². The molecular formula is C11H15ClN2O4S. The lowest BCUT2D eigenvalue weighted by atomic mass is 10.2. The summed E-state index contributed by atoms with van der Waals surface area (Å²) in [5.74, 6) is 0. The number of sulfonamides is 1. The van der Waals surface area contributed by atoms with Gasteiger partial charge in [0.15, 0.2) is 0 Å². The molecule has 19 heavy (non-hydrogen) atoms. The average Bonchev–Trinajstić information content (AvgIpc) is 2.38. The number of aliphatic hydroxyl groups excluding tert-OH is 1. The van der Waals surface area contributed by atoms with Gasteiger partial charge in [0.1, 0.15) is 5.15 Å². The maximum atomic E-state index is 12.4. The van der Waals surface area contributed by atoms with Crippen LogP contribution in [0, 0.1) is 0 Å². The number of halogens is 1. The molecular weight excluding hydrogens is 292 g/mol. The standard InChI is InChI=1S/C11H15ClN2O4S/c1-8-5-14(6-9(7-15)18-8)19(16,17)10-2-3-13-11(12)4-10/h2-4,8-9,15H,5-7H2,1H3. The molecule has 106 valence electrons. The first-order valence-electron chi connectivity index (χ1n) is 5.81. The van der Waals surface area contributed by atoms with Crippen LogP contribution in [-0.2, 0) is 14.8 Å². The highest BCUT2D eigenvalue weighted by molar-refractivity contribution is 7.89. The normalized spacial score (nSPS) is 25.4. The van der Waals surface area contributed by atoms with Crippen molar-refractivity contribution in [1.82, 2.24) is 9.29 Å². The van der Waals surface area contributed by atoms with Crippen LogP contribution in [0.2, 0.25) is 5.15 Å². The van der Waals surface area contributed by atoms with E-state index in [1.165, 1.54) is 22.6 Å². The van der Waals surface area contributed by atoms with E-state index in [9.17, 15) is 8.42 Å². The number of hydrogen-bond acceptors (Lipinski definition) is 5. The van der Waals surface area contributed by atoms with Crippen LogP contribution in [0.5, 0.6) is 0 Å². The molecule has 1 N–H and O–H groups in total. The van der Waals surface area contributed by atoms with Gasteiger partial charge in [0.05, 0.1) is 23.7 Å². The summed E-state index contributed by atoms with van der Waals surface area (Å²) in [6.07, 6.45) is 0.580. The molecule has 1 aliphatic heterocycles. The van der Waals surface area contributed by atoms with E-state index in [0.29, 0.717) is 0 Å². The van der Waals surface area contributed by atoms with Crippen LogP contribution in [0.3, 0.4) is 0 Å². The smallest absolute Gasteiger partial charge is 0.243 e. The number of ether oxygens (including phenoxy) is 1. The fourth-order valence-electron chi connectivity index (χ4n) is 1.99. The molecule has 0 saturated carbocycles. The summed E-state index contributed by atoms with van der Waals surface area (Å²) in [6, 6.07) is 2.71. The highest BCUT2D eigenvalue weighted by atomic mass is 35.5. The second-order valence-electron chi connectivity index (χ2n) is 4.39. The first-order chi connectivity index (χ1) is 8.93. The van der Waals surface area contributed by atoms with Gasteiger partial charge in [-0.25, -0.2) is 13.4 Å². The highest BCUT2D eigenvalue weighted by Gasteiger charge is 2.33. The van der Waals surface area contributed by atoms with Crippen molar-refractivity contribution >= 4 is 21.6 Å². The Morgan fingerprint density at radius 1 is 1.58 bits per heavy atom. The van der Waals surface area contributed by atoms with Crippen LogP contribution in [0.15, 0.2) is 23.2 Å². The van der Waals surface area contributed by atoms with Crippen LogP contribution in [0.4, 0.5) is 0 Å². The molecule has 0 radical (unpaired) electrons. The number of aromatic nitrogens is 1. The lowest BCUT2D eigenvalue weighted by Gasteiger charge is -2.35. The second-order valence-corrected chi connectivity index (χ2v) is 6.71. The zero-order valence-corrected chi connectivity index (χ0v) is 11.9. The molecule has 1 aromatic heterocycles. The third kappa shape index (κ3) is 3.24. The summed E-state index contributed by atoms with van der Waals surface area (Å²) in [4.78, 5) is 3.86. The third-order valence-corrected chi connectivity index (χ3v) is 4.87. The molecule has 2 rings (SSSR count). The quantitative estimate of drug-likeness (QED) is 0.823. The van der Waals surface area contributed by atoms with Crippen LogP contribution in [0.1, 0.15) is 6.92 Å². The Bertz CT molecular complexity index is 551. The van der Waals surface area contributed by atoms with E-state index in [0.717, 1.165) is 0 Å². The zero-order chi connectivity index (χ0) is 14.0. The Morgan fingerprint density at radius 2 is 2.32 bits per heavy atom. The zero-order valence-electron chi connectivity index (χ0n) is 10.4. The van der Waals surface area contributed by atoms with Crippen molar-refractivity contribution in [3.63, 3.8) is 0 Å². The van der Waals surface area contributed by atoms with Gasteiger partial charge in [-0.15, -0.1) is 0 Å².